The maximum atomic E-state index is 12.1. The lowest BCUT2D eigenvalue weighted by Crippen LogP contribution is -2.24. The van der Waals surface area contributed by atoms with Gasteiger partial charge >= 0.3 is 6.18 Å². The van der Waals surface area contributed by atoms with Gasteiger partial charge in [-0.2, -0.15) is 13.2 Å². The molecule has 84 valence electrons. The second-order valence-corrected chi connectivity index (χ2v) is 3.68. The molecule has 1 unspecified atom stereocenters. The molecule has 0 saturated carbocycles. The Labute approximate surface area is 87.3 Å². The fourth-order valence-electron chi connectivity index (χ4n) is 1.40. The third-order valence-corrected chi connectivity index (χ3v) is 2.08. The number of nitrogens with one attached hydrogen (secondary N) is 1. The molecule has 4 heteroatoms. The molecule has 1 nitrogen and oxygen atoms in total. The first-order valence-corrected chi connectivity index (χ1v) is 4.77. The van der Waals surface area contributed by atoms with Crippen LogP contribution < -0.4 is 5.32 Å². The van der Waals surface area contributed by atoms with Gasteiger partial charge in [-0.05, 0) is 25.5 Å². The van der Waals surface area contributed by atoms with Crippen LogP contribution in [0.3, 0.4) is 0 Å². The first-order valence-electron chi connectivity index (χ1n) is 4.77. The summed E-state index contributed by atoms with van der Waals surface area (Å²) in [5, 5.41) is 2.85. The highest BCUT2D eigenvalue weighted by atomic mass is 19.4. The molecule has 0 aliphatic heterocycles. The van der Waals surface area contributed by atoms with Crippen molar-refractivity contribution in [2.45, 2.75) is 32.5 Å². The summed E-state index contributed by atoms with van der Waals surface area (Å²) in [6.07, 6.45) is -4.93. The molecule has 1 atom stereocenters. The summed E-state index contributed by atoms with van der Waals surface area (Å²) >= 11 is 0. The van der Waals surface area contributed by atoms with E-state index in [0.29, 0.717) is 0 Å². The molecule has 0 spiro atoms. The van der Waals surface area contributed by atoms with E-state index in [0.717, 1.165) is 11.3 Å². The number of aryl methyl sites for hydroxylation is 1. The lowest BCUT2D eigenvalue weighted by atomic mass is 10.1. The Balaban J connectivity index is 2.59. The average Bonchev–Trinajstić information content (AvgIpc) is 2.05. The van der Waals surface area contributed by atoms with Gasteiger partial charge in [-0.25, -0.2) is 0 Å². The van der Waals surface area contributed by atoms with E-state index in [1.165, 1.54) is 6.92 Å². The molecule has 0 radical (unpaired) electrons. The monoisotopic (exact) mass is 217 g/mol. The second kappa shape index (κ2) is 4.55. The number of para-hydroxylation sites is 1. The summed E-state index contributed by atoms with van der Waals surface area (Å²) in [4.78, 5) is 0. The largest absolute Gasteiger partial charge is 0.391 e. The van der Waals surface area contributed by atoms with Crippen molar-refractivity contribution in [3.05, 3.63) is 29.8 Å². The van der Waals surface area contributed by atoms with Gasteiger partial charge in [0.2, 0.25) is 0 Å². The molecular formula is C11H14F3N. The quantitative estimate of drug-likeness (QED) is 0.813. The van der Waals surface area contributed by atoms with Crippen LogP contribution in [-0.4, -0.2) is 12.2 Å². The zero-order chi connectivity index (χ0) is 11.5. The van der Waals surface area contributed by atoms with Gasteiger partial charge in [-0.15, -0.1) is 0 Å². The molecule has 0 saturated heterocycles. The summed E-state index contributed by atoms with van der Waals surface area (Å²) in [7, 11) is 0. The summed E-state index contributed by atoms with van der Waals surface area (Å²) in [6, 6.07) is 6.70. The van der Waals surface area contributed by atoms with Crippen LogP contribution in [0.15, 0.2) is 24.3 Å². The molecule has 1 aromatic rings. The standard InChI is InChI=1S/C11H14F3N/c1-8-5-3-4-6-10(8)15-9(2)7-11(12,13)14/h3-6,9,15H,7H2,1-2H3. The summed E-state index contributed by atoms with van der Waals surface area (Å²) in [5.74, 6) is 0. The maximum Gasteiger partial charge on any atom is 0.391 e. The van der Waals surface area contributed by atoms with Crippen LogP contribution in [0.2, 0.25) is 0 Å². The van der Waals surface area contributed by atoms with E-state index in [1.54, 1.807) is 12.1 Å². The molecule has 1 N–H and O–H groups in total. The van der Waals surface area contributed by atoms with E-state index in [2.05, 4.69) is 5.32 Å². The van der Waals surface area contributed by atoms with Crippen molar-refractivity contribution < 1.29 is 13.2 Å². The SMILES string of the molecule is Cc1ccccc1NC(C)CC(F)(F)F. The predicted octanol–water partition coefficient (Wildman–Crippen LogP) is 3.75. The van der Waals surface area contributed by atoms with E-state index < -0.39 is 18.6 Å². The highest BCUT2D eigenvalue weighted by Gasteiger charge is 2.29. The fraction of sp³-hybridized carbons (Fsp3) is 0.455. The molecule has 1 aromatic carbocycles. The van der Waals surface area contributed by atoms with Crippen LogP contribution in [0.1, 0.15) is 18.9 Å². The van der Waals surface area contributed by atoms with Crippen molar-refractivity contribution in [1.29, 1.82) is 0 Å². The number of halogens is 3. The number of hydrogen-bond donors (Lipinski definition) is 1. The van der Waals surface area contributed by atoms with E-state index in [9.17, 15) is 13.2 Å². The molecule has 0 fully saturated rings. The average molecular weight is 217 g/mol. The Morgan fingerprint density at radius 2 is 1.87 bits per heavy atom. The van der Waals surface area contributed by atoms with Gasteiger partial charge in [0.25, 0.3) is 0 Å². The minimum Gasteiger partial charge on any atom is -0.382 e. The van der Waals surface area contributed by atoms with Crippen molar-refractivity contribution in [2.75, 3.05) is 5.32 Å². The molecule has 0 bridgehead atoms. The fourth-order valence-corrected chi connectivity index (χ4v) is 1.40. The third kappa shape index (κ3) is 4.23. The van der Waals surface area contributed by atoms with Gasteiger partial charge in [0.1, 0.15) is 0 Å². The van der Waals surface area contributed by atoms with Crippen molar-refractivity contribution >= 4 is 5.69 Å². The van der Waals surface area contributed by atoms with Crippen LogP contribution in [-0.2, 0) is 0 Å². The van der Waals surface area contributed by atoms with Crippen LogP contribution >= 0.6 is 0 Å². The van der Waals surface area contributed by atoms with E-state index >= 15 is 0 Å². The Morgan fingerprint density at radius 3 is 2.40 bits per heavy atom. The Kier molecular flexibility index (Phi) is 3.61. The van der Waals surface area contributed by atoms with Gasteiger partial charge in [0.15, 0.2) is 0 Å². The molecule has 0 aliphatic carbocycles. The first-order chi connectivity index (χ1) is 6.88. The van der Waals surface area contributed by atoms with Crippen molar-refractivity contribution in [1.82, 2.24) is 0 Å². The molecule has 1 rings (SSSR count). The third-order valence-electron chi connectivity index (χ3n) is 2.08. The first kappa shape index (κ1) is 11.9. The van der Waals surface area contributed by atoms with E-state index in [4.69, 9.17) is 0 Å². The molecule has 0 aromatic heterocycles. The number of rotatable bonds is 3. The minimum atomic E-state index is -4.12. The van der Waals surface area contributed by atoms with Crippen molar-refractivity contribution in [2.24, 2.45) is 0 Å². The summed E-state index contributed by atoms with van der Waals surface area (Å²) < 4.78 is 36.2. The summed E-state index contributed by atoms with van der Waals surface area (Å²) in [5.41, 5.74) is 1.71. The van der Waals surface area contributed by atoms with Crippen LogP contribution in [0, 0.1) is 6.92 Å². The zero-order valence-electron chi connectivity index (χ0n) is 8.73. The number of alkyl halides is 3. The molecule has 0 aliphatic rings. The van der Waals surface area contributed by atoms with Crippen LogP contribution in [0.5, 0.6) is 0 Å². The lowest BCUT2D eigenvalue weighted by molar-refractivity contribution is -0.136. The van der Waals surface area contributed by atoms with Gasteiger partial charge < -0.3 is 5.32 Å². The second-order valence-electron chi connectivity index (χ2n) is 3.68. The smallest absolute Gasteiger partial charge is 0.382 e. The van der Waals surface area contributed by atoms with Crippen LogP contribution in [0.4, 0.5) is 18.9 Å². The number of benzene rings is 1. The highest BCUT2D eigenvalue weighted by Crippen LogP contribution is 2.24. The molecule has 0 heterocycles. The Bertz CT molecular complexity index is 320. The van der Waals surface area contributed by atoms with Gasteiger partial charge in [0.05, 0.1) is 6.42 Å². The molecule has 15 heavy (non-hydrogen) atoms. The van der Waals surface area contributed by atoms with Crippen LogP contribution in [0.25, 0.3) is 0 Å². The maximum absolute atomic E-state index is 12.1. The zero-order valence-corrected chi connectivity index (χ0v) is 8.73. The van der Waals surface area contributed by atoms with Crippen molar-refractivity contribution in [3.63, 3.8) is 0 Å². The predicted molar refractivity (Wildman–Crippen MR) is 54.9 cm³/mol. The molecule has 0 amide bonds. The highest BCUT2D eigenvalue weighted by molar-refractivity contribution is 5.50. The van der Waals surface area contributed by atoms with Crippen molar-refractivity contribution in [3.8, 4) is 0 Å². The lowest BCUT2D eigenvalue weighted by Gasteiger charge is -2.18. The normalized spacial score (nSPS) is 13.7. The number of anilines is 1. The topological polar surface area (TPSA) is 12.0 Å². The Hall–Kier alpha value is -1.19. The molecular weight excluding hydrogens is 203 g/mol. The van der Waals surface area contributed by atoms with Gasteiger partial charge in [-0.1, -0.05) is 18.2 Å². The minimum absolute atomic E-state index is 0.605. The van der Waals surface area contributed by atoms with E-state index in [-0.39, 0.29) is 0 Å². The van der Waals surface area contributed by atoms with Gasteiger partial charge in [-0.3, -0.25) is 0 Å². The van der Waals surface area contributed by atoms with E-state index in [1.807, 2.05) is 19.1 Å². The summed E-state index contributed by atoms with van der Waals surface area (Å²) in [6.45, 7) is 3.39. The Morgan fingerprint density at radius 1 is 1.27 bits per heavy atom. The van der Waals surface area contributed by atoms with Gasteiger partial charge in [0, 0.05) is 11.7 Å². The number of hydrogen-bond acceptors (Lipinski definition) is 1.